The van der Waals surface area contributed by atoms with Gasteiger partial charge in [0.15, 0.2) is 0 Å². The lowest BCUT2D eigenvalue weighted by atomic mass is 9.78. The van der Waals surface area contributed by atoms with Gasteiger partial charge >= 0.3 is 0 Å². The van der Waals surface area contributed by atoms with E-state index in [2.05, 4.69) is 18.4 Å². The fourth-order valence-electron chi connectivity index (χ4n) is 2.73. The third-order valence-corrected chi connectivity index (χ3v) is 4.96. The molecule has 1 unspecified atom stereocenters. The third-order valence-electron chi connectivity index (χ3n) is 3.86. The van der Waals surface area contributed by atoms with Gasteiger partial charge in [-0.2, -0.15) is 0 Å². The predicted octanol–water partition coefficient (Wildman–Crippen LogP) is 3.41. The normalized spacial score (nSPS) is 21.9. The quantitative estimate of drug-likeness (QED) is 0.877. The fourth-order valence-corrected chi connectivity index (χ4v) is 3.77. The SMILES string of the molecule is COC1(C(N)c2sccc2C)CCCCC1. The van der Waals surface area contributed by atoms with Crippen LogP contribution >= 0.6 is 11.3 Å². The van der Waals surface area contributed by atoms with E-state index in [1.165, 1.54) is 29.7 Å². The molecule has 2 rings (SSSR count). The average molecular weight is 239 g/mol. The molecule has 1 heterocycles. The smallest absolute Gasteiger partial charge is 0.0878 e. The van der Waals surface area contributed by atoms with E-state index in [1.54, 1.807) is 11.3 Å². The van der Waals surface area contributed by atoms with E-state index >= 15 is 0 Å². The van der Waals surface area contributed by atoms with Crippen molar-refractivity contribution in [1.82, 2.24) is 0 Å². The first-order valence-corrected chi connectivity index (χ1v) is 6.92. The molecule has 1 aromatic heterocycles. The maximum absolute atomic E-state index is 6.45. The molecule has 2 N–H and O–H groups in total. The summed E-state index contributed by atoms with van der Waals surface area (Å²) in [5, 5.41) is 2.12. The number of ether oxygens (including phenoxy) is 1. The van der Waals surface area contributed by atoms with Gasteiger partial charge in [-0.1, -0.05) is 19.3 Å². The first-order valence-electron chi connectivity index (χ1n) is 6.04. The van der Waals surface area contributed by atoms with Crippen molar-refractivity contribution >= 4 is 11.3 Å². The highest BCUT2D eigenvalue weighted by atomic mass is 32.1. The maximum atomic E-state index is 6.45. The summed E-state index contributed by atoms with van der Waals surface area (Å²) in [5.41, 5.74) is 7.63. The Morgan fingerprint density at radius 3 is 2.56 bits per heavy atom. The Hall–Kier alpha value is -0.380. The van der Waals surface area contributed by atoms with Gasteiger partial charge in [-0.15, -0.1) is 11.3 Å². The Morgan fingerprint density at radius 1 is 1.38 bits per heavy atom. The summed E-state index contributed by atoms with van der Waals surface area (Å²) in [4.78, 5) is 1.30. The summed E-state index contributed by atoms with van der Waals surface area (Å²) < 4.78 is 5.80. The Kier molecular flexibility index (Phi) is 3.67. The minimum Gasteiger partial charge on any atom is -0.376 e. The molecule has 0 aromatic carbocycles. The molecule has 2 nitrogen and oxygen atoms in total. The van der Waals surface area contributed by atoms with Crippen LogP contribution in [0.15, 0.2) is 11.4 Å². The number of hydrogen-bond donors (Lipinski definition) is 1. The molecule has 0 amide bonds. The highest BCUT2D eigenvalue weighted by Crippen LogP contribution is 2.41. The molecular weight excluding hydrogens is 218 g/mol. The lowest BCUT2D eigenvalue weighted by Crippen LogP contribution is -2.44. The van der Waals surface area contributed by atoms with Gasteiger partial charge in [0.2, 0.25) is 0 Å². The molecule has 90 valence electrons. The first kappa shape index (κ1) is 12.1. The third kappa shape index (κ3) is 2.04. The molecule has 0 aliphatic heterocycles. The van der Waals surface area contributed by atoms with Gasteiger partial charge in [0.05, 0.1) is 11.6 Å². The minimum atomic E-state index is -0.117. The summed E-state index contributed by atoms with van der Waals surface area (Å²) in [5.74, 6) is 0. The molecule has 1 saturated carbocycles. The monoisotopic (exact) mass is 239 g/mol. The zero-order chi connectivity index (χ0) is 11.6. The Bertz CT molecular complexity index is 341. The van der Waals surface area contributed by atoms with Crippen molar-refractivity contribution in [2.45, 2.75) is 50.7 Å². The maximum Gasteiger partial charge on any atom is 0.0878 e. The molecule has 1 atom stereocenters. The standard InChI is InChI=1S/C13H21NOS/c1-10-6-9-16-11(10)12(14)13(15-2)7-4-3-5-8-13/h6,9,12H,3-5,7-8,14H2,1-2H3. The van der Waals surface area contributed by atoms with Crippen LogP contribution in [-0.4, -0.2) is 12.7 Å². The van der Waals surface area contributed by atoms with Crippen LogP contribution in [0.5, 0.6) is 0 Å². The molecule has 3 heteroatoms. The first-order chi connectivity index (χ1) is 7.69. The lowest BCUT2D eigenvalue weighted by molar-refractivity contribution is -0.0588. The Balaban J connectivity index is 2.24. The van der Waals surface area contributed by atoms with Gasteiger partial charge in [-0.05, 0) is 36.8 Å². The van der Waals surface area contributed by atoms with Gasteiger partial charge in [-0.3, -0.25) is 0 Å². The van der Waals surface area contributed by atoms with Crippen molar-refractivity contribution in [1.29, 1.82) is 0 Å². The largest absolute Gasteiger partial charge is 0.376 e. The van der Waals surface area contributed by atoms with Crippen LogP contribution in [0.1, 0.15) is 48.6 Å². The number of thiophene rings is 1. The topological polar surface area (TPSA) is 35.2 Å². The molecule has 1 aliphatic rings. The van der Waals surface area contributed by atoms with Crippen molar-refractivity contribution in [3.05, 3.63) is 21.9 Å². The molecule has 0 saturated heterocycles. The molecule has 1 aliphatic carbocycles. The highest BCUT2D eigenvalue weighted by molar-refractivity contribution is 7.10. The second-order valence-corrected chi connectivity index (χ2v) is 5.72. The Morgan fingerprint density at radius 2 is 2.06 bits per heavy atom. The van der Waals surface area contributed by atoms with Crippen LogP contribution in [0.25, 0.3) is 0 Å². The van der Waals surface area contributed by atoms with Crippen LogP contribution in [0.3, 0.4) is 0 Å². The molecule has 0 bridgehead atoms. The van der Waals surface area contributed by atoms with Crippen molar-refractivity contribution in [2.24, 2.45) is 5.73 Å². The van der Waals surface area contributed by atoms with Crippen molar-refractivity contribution in [3.63, 3.8) is 0 Å². The van der Waals surface area contributed by atoms with Gasteiger partial charge in [-0.25, -0.2) is 0 Å². The van der Waals surface area contributed by atoms with E-state index in [4.69, 9.17) is 10.5 Å². The summed E-state index contributed by atoms with van der Waals surface area (Å²) in [7, 11) is 1.81. The molecule has 1 aromatic rings. The van der Waals surface area contributed by atoms with Crippen molar-refractivity contribution in [3.8, 4) is 0 Å². The summed E-state index contributed by atoms with van der Waals surface area (Å²) in [6.07, 6.45) is 6.00. The molecule has 0 radical (unpaired) electrons. The zero-order valence-electron chi connectivity index (χ0n) is 10.2. The van der Waals surface area contributed by atoms with Crippen LogP contribution in [0.2, 0.25) is 0 Å². The van der Waals surface area contributed by atoms with Crippen LogP contribution in [-0.2, 0) is 4.74 Å². The van der Waals surface area contributed by atoms with E-state index in [-0.39, 0.29) is 11.6 Å². The number of aryl methyl sites for hydroxylation is 1. The average Bonchev–Trinajstić information content (AvgIpc) is 2.75. The number of rotatable bonds is 3. The molecule has 0 spiro atoms. The predicted molar refractivity (Wildman–Crippen MR) is 68.8 cm³/mol. The number of nitrogens with two attached hydrogens (primary N) is 1. The second-order valence-electron chi connectivity index (χ2n) is 4.78. The van der Waals surface area contributed by atoms with Gasteiger partial charge in [0.25, 0.3) is 0 Å². The van der Waals surface area contributed by atoms with Gasteiger partial charge in [0.1, 0.15) is 0 Å². The highest BCUT2D eigenvalue weighted by Gasteiger charge is 2.39. The van der Waals surface area contributed by atoms with Crippen LogP contribution < -0.4 is 5.73 Å². The van der Waals surface area contributed by atoms with Crippen LogP contribution in [0, 0.1) is 6.92 Å². The van der Waals surface area contributed by atoms with Gasteiger partial charge in [0, 0.05) is 12.0 Å². The second kappa shape index (κ2) is 4.86. The van der Waals surface area contributed by atoms with E-state index in [1.807, 2.05) is 7.11 Å². The van der Waals surface area contributed by atoms with E-state index in [0.717, 1.165) is 12.8 Å². The molecule has 1 fully saturated rings. The summed E-state index contributed by atoms with van der Waals surface area (Å²) in [6.45, 7) is 2.14. The minimum absolute atomic E-state index is 0.0396. The van der Waals surface area contributed by atoms with Crippen molar-refractivity contribution < 1.29 is 4.74 Å². The molecular formula is C13H21NOS. The summed E-state index contributed by atoms with van der Waals surface area (Å²) in [6, 6.07) is 2.18. The number of methoxy groups -OCH3 is 1. The number of hydrogen-bond acceptors (Lipinski definition) is 3. The zero-order valence-corrected chi connectivity index (χ0v) is 11.0. The Labute approximate surface area is 102 Å². The van der Waals surface area contributed by atoms with E-state index in [0.29, 0.717) is 0 Å². The lowest BCUT2D eigenvalue weighted by Gasteiger charge is -2.40. The van der Waals surface area contributed by atoms with Crippen molar-refractivity contribution in [2.75, 3.05) is 7.11 Å². The van der Waals surface area contributed by atoms with Crippen LogP contribution in [0.4, 0.5) is 0 Å². The van der Waals surface area contributed by atoms with E-state index < -0.39 is 0 Å². The van der Waals surface area contributed by atoms with Gasteiger partial charge < -0.3 is 10.5 Å². The fraction of sp³-hybridized carbons (Fsp3) is 0.692. The summed E-state index contributed by atoms with van der Waals surface area (Å²) >= 11 is 1.76. The van der Waals surface area contributed by atoms with E-state index in [9.17, 15) is 0 Å². The molecule has 16 heavy (non-hydrogen) atoms.